The minimum atomic E-state index is -1.37. The van der Waals surface area contributed by atoms with Gasteiger partial charge in [-0.2, -0.15) is 9.61 Å². The van der Waals surface area contributed by atoms with E-state index in [9.17, 15) is 15.0 Å². The van der Waals surface area contributed by atoms with E-state index in [1.54, 1.807) is 4.52 Å². The molecule has 0 aliphatic heterocycles. The molecular weight excluding hydrogens is 661 g/mol. The third-order valence-electron chi connectivity index (χ3n) is 9.48. The summed E-state index contributed by atoms with van der Waals surface area (Å²) >= 11 is 0. The van der Waals surface area contributed by atoms with Gasteiger partial charge in [0, 0.05) is 63.9 Å². The number of carboxylic acid groups (broad SMARTS) is 1. The first-order valence-electron chi connectivity index (χ1n) is 17.7. The average Bonchev–Trinajstić information content (AvgIpc) is 3.50. The van der Waals surface area contributed by atoms with Crippen LogP contribution in [0.15, 0.2) is 54.9 Å². The van der Waals surface area contributed by atoms with E-state index in [0.717, 1.165) is 40.2 Å². The van der Waals surface area contributed by atoms with Crippen LogP contribution in [0.1, 0.15) is 37.3 Å². The van der Waals surface area contributed by atoms with Gasteiger partial charge in [-0.3, -0.25) is 4.98 Å². The van der Waals surface area contributed by atoms with Crippen molar-refractivity contribution in [2.75, 3.05) is 31.6 Å². The topological polar surface area (TPSA) is 122 Å². The SMILES string of the molecule is [B]c1c(C2CCC(C(O)C(=O)O)CC2)nc2c(-c3ccc(-c4ccccc4)nc3)cnn2c1N(COCC[Si](C)(C)C)COCC[Si](C)(C)C. The third-order valence-corrected chi connectivity index (χ3v) is 12.9. The summed E-state index contributed by atoms with van der Waals surface area (Å²) in [5.74, 6) is -0.827. The first-order valence-corrected chi connectivity index (χ1v) is 25.1. The molecule has 1 atom stereocenters. The molecule has 2 radical (unpaired) electrons. The van der Waals surface area contributed by atoms with E-state index in [1.165, 1.54) is 0 Å². The molecule has 5 rings (SSSR count). The van der Waals surface area contributed by atoms with Gasteiger partial charge >= 0.3 is 5.97 Å². The molecule has 13 heteroatoms. The summed E-state index contributed by atoms with van der Waals surface area (Å²) in [6.45, 7) is 15.8. The fourth-order valence-electron chi connectivity index (χ4n) is 6.34. The van der Waals surface area contributed by atoms with Crippen LogP contribution in [0.5, 0.6) is 0 Å². The first kappa shape index (κ1) is 37.9. The fourth-order valence-corrected chi connectivity index (χ4v) is 7.85. The highest BCUT2D eigenvalue weighted by molar-refractivity contribution is 6.76. The van der Waals surface area contributed by atoms with Crippen LogP contribution >= 0.6 is 0 Å². The number of ether oxygens (including phenoxy) is 2. The summed E-state index contributed by atoms with van der Waals surface area (Å²) in [6, 6.07) is 16.2. The lowest BCUT2D eigenvalue weighted by atomic mass is 9.75. The number of pyridine rings is 1. The predicted octanol–water partition coefficient (Wildman–Crippen LogP) is 6.40. The molecule has 4 aromatic rings. The molecule has 2 N–H and O–H groups in total. The number of hydrogen-bond acceptors (Lipinski definition) is 8. The number of aliphatic carboxylic acids is 1. The number of carboxylic acids is 1. The van der Waals surface area contributed by atoms with Crippen LogP contribution in [0.25, 0.3) is 28.0 Å². The van der Waals surface area contributed by atoms with E-state index in [-0.39, 0.29) is 25.3 Å². The quantitative estimate of drug-likeness (QED) is 0.0772. The maximum atomic E-state index is 11.5. The lowest BCUT2D eigenvalue weighted by Crippen LogP contribution is -2.39. The molecule has 1 saturated carbocycles. The lowest BCUT2D eigenvalue weighted by molar-refractivity contribution is -0.150. The van der Waals surface area contributed by atoms with Crippen LogP contribution in [0.3, 0.4) is 0 Å². The number of benzene rings is 1. The van der Waals surface area contributed by atoms with Crippen molar-refractivity contribution in [3.05, 3.63) is 60.6 Å². The minimum Gasteiger partial charge on any atom is -0.479 e. The Morgan fingerprint density at radius 2 is 1.54 bits per heavy atom. The van der Waals surface area contributed by atoms with Crippen LogP contribution < -0.4 is 10.4 Å². The normalized spacial score (nSPS) is 17.6. The summed E-state index contributed by atoms with van der Waals surface area (Å²) in [5, 5.41) is 24.5. The Labute approximate surface area is 299 Å². The summed E-state index contributed by atoms with van der Waals surface area (Å²) in [4.78, 5) is 23.5. The first-order chi connectivity index (χ1) is 23.7. The second kappa shape index (κ2) is 16.3. The molecule has 266 valence electrons. The van der Waals surface area contributed by atoms with Gasteiger partial charge in [0.25, 0.3) is 0 Å². The molecule has 0 bridgehead atoms. The zero-order chi connectivity index (χ0) is 36.1. The Hall–Kier alpha value is -3.36. The molecule has 3 heterocycles. The molecule has 1 aromatic carbocycles. The van der Waals surface area contributed by atoms with Gasteiger partial charge in [-0.15, -0.1) is 0 Å². The van der Waals surface area contributed by atoms with Gasteiger partial charge < -0.3 is 24.6 Å². The molecule has 1 aliphatic rings. The highest BCUT2D eigenvalue weighted by Gasteiger charge is 2.33. The standard InChI is InChI=1S/C37H52BN5O5Si2/c1-49(2,3)20-18-47-24-42(25-48-19-21-50(4,5)6)36-32(38)33(27-12-14-28(15-13-27)34(44)37(45)46)41-35-30(23-40-43(35)36)29-16-17-31(39-22-29)26-10-8-7-9-11-26/h7-11,16-17,22-23,27-28,34,44H,12-15,18-21,24-25H2,1-6H3,(H,45,46). The van der Waals surface area contributed by atoms with Gasteiger partial charge in [-0.25, -0.2) is 9.78 Å². The monoisotopic (exact) mass is 713 g/mol. The van der Waals surface area contributed by atoms with Gasteiger partial charge in [-0.05, 0) is 55.2 Å². The van der Waals surface area contributed by atoms with E-state index in [4.69, 9.17) is 32.4 Å². The van der Waals surface area contributed by atoms with E-state index >= 15 is 0 Å². The summed E-state index contributed by atoms with van der Waals surface area (Å²) < 4.78 is 14.4. The number of carbonyl (C=O) groups is 1. The van der Waals surface area contributed by atoms with Crippen molar-refractivity contribution in [3.8, 4) is 22.4 Å². The molecule has 1 aliphatic carbocycles. The van der Waals surface area contributed by atoms with Gasteiger partial charge in [0.2, 0.25) is 0 Å². The van der Waals surface area contributed by atoms with Crippen LogP contribution in [-0.4, -0.2) is 92.5 Å². The number of aliphatic hydroxyl groups is 1. The highest BCUT2D eigenvalue weighted by atomic mass is 28.3. The largest absolute Gasteiger partial charge is 0.479 e. The summed E-state index contributed by atoms with van der Waals surface area (Å²) in [6.07, 6.45) is 4.76. The highest BCUT2D eigenvalue weighted by Crippen LogP contribution is 2.38. The molecule has 3 aromatic heterocycles. The van der Waals surface area contributed by atoms with Crippen molar-refractivity contribution >= 4 is 46.9 Å². The van der Waals surface area contributed by atoms with Gasteiger partial charge in [0.1, 0.15) is 27.1 Å². The summed E-state index contributed by atoms with van der Waals surface area (Å²) in [5.41, 5.74) is 5.54. The summed E-state index contributed by atoms with van der Waals surface area (Å²) in [7, 11) is 4.46. The lowest BCUT2D eigenvalue weighted by Gasteiger charge is -2.33. The van der Waals surface area contributed by atoms with Crippen LogP contribution in [0.2, 0.25) is 51.4 Å². The molecule has 1 unspecified atom stereocenters. The molecule has 0 saturated heterocycles. The van der Waals surface area contributed by atoms with Crippen molar-refractivity contribution < 1.29 is 24.5 Å². The van der Waals surface area contributed by atoms with Crippen LogP contribution in [0.4, 0.5) is 5.82 Å². The minimum absolute atomic E-state index is 0.0141. The van der Waals surface area contributed by atoms with Crippen molar-refractivity contribution in [1.82, 2.24) is 19.6 Å². The number of nitrogens with zero attached hydrogens (tertiary/aromatic N) is 5. The number of aromatic nitrogens is 4. The second-order valence-corrected chi connectivity index (χ2v) is 27.2. The Morgan fingerprint density at radius 1 is 0.920 bits per heavy atom. The van der Waals surface area contributed by atoms with E-state index < -0.39 is 28.2 Å². The number of aliphatic hydroxyl groups excluding tert-OH is 1. The number of fused-ring (bicyclic) bond motifs is 1. The third kappa shape index (κ3) is 9.69. The van der Waals surface area contributed by atoms with Gasteiger partial charge in [0.15, 0.2) is 11.8 Å². The van der Waals surface area contributed by atoms with Gasteiger partial charge in [0.05, 0.1) is 11.9 Å². The number of rotatable bonds is 16. The van der Waals surface area contributed by atoms with E-state index in [2.05, 4.69) is 39.3 Å². The van der Waals surface area contributed by atoms with Crippen LogP contribution in [-0.2, 0) is 14.3 Å². The van der Waals surface area contributed by atoms with E-state index in [1.807, 2.05) is 59.8 Å². The van der Waals surface area contributed by atoms with Crippen molar-refractivity contribution in [3.63, 3.8) is 0 Å². The Kier molecular flexibility index (Phi) is 12.4. The van der Waals surface area contributed by atoms with Crippen molar-refractivity contribution in [2.45, 2.75) is 89.1 Å². The second-order valence-electron chi connectivity index (χ2n) is 16.0. The van der Waals surface area contributed by atoms with Crippen molar-refractivity contribution in [1.29, 1.82) is 0 Å². The fraction of sp³-hybridized carbons (Fsp3) is 0.514. The van der Waals surface area contributed by atoms with Gasteiger partial charge in [-0.1, -0.05) is 75.7 Å². The maximum absolute atomic E-state index is 11.5. The average molecular weight is 714 g/mol. The zero-order valence-electron chi connectivity index (χ0n) is 30.4. The predicted molar refractivity (Wildman–Crippen MR) is 206 cm³/mol. The Bertz CT molecular complexity index is 1700. The molecule has 10 nitrogen and oxygen atoms in total. The molecule has 50 heavy (non-hydrogen) atoms. The van der Waals surface area contributed by atoms with Crippen molar-refractivity contribution in [2.24, 2.45) is 5.92 Å². The molecule has 1 fully saturated rings. The maximum Gasteiger partial charge on any atom is 0.332 e. The zero-order valence-corrected chi connectivity index (χ0v) is 32.4. The Balaban J connectivity index is 1.54. The smallest absolute Gasteiger partial charge is 0.332 e. The molecular formula is C37H52BN5O5Si2. The number of anilines is 1. The van der Waals surface area contributed by atoms with Crippen LogP contribution in [0, 0.1) is 5.92 Å². The number of hydrogen-bond donors (Lipinski definition) is 2. The molecule has 0 spiro atoms. The Morgan fingerprint density at radius 3 is 2.08 bits per heavy atom. The van der Waals surface area contributed by atoms with E-state index in [0.29, 0.717) is 55.8 Å². The molecule has 0 amide bonds.